The molecule has 0 aromatic heterocycles. The molecular formula is C16H23NO2. The normalized spacial score (nSPS) is 13.6. The minimum absolute atomic E-state index is 0.209. The zero-order valence-corrected chi connectivity index (χ0v) is 11.9. The fourth-order valence-corrected chi connectivity index (χ4v) is 1.79. The van der Waals surface area contributed by atoms with Crippen LogP contribution in [0.25, 0.3) is 0 Å². The van der Waals surface area contributed by atoms with Gasteiger partial charge in [-0.1, -0.05) is 17.7 Å². The number of hydrogen-bond donors (Lipinski definition) is 2. The lowest BCUT2D eigenvalue weighted by molar-refractivity contribution is 0.104. The van der Waals surface area contributed by atoms with Crippen LogP contribution in [-0.4, -0.2) is 30.4 Å². The summed E-state index contributed by atoms with van der Waals surface area (Å²) < 4.78 is 5.62. The summed E-state index contributed by atoms with van der Waals surface area (Å²) in [6.07, 6.45) is 5.34. The van der Waals surface area contributed by atoms with Crippen molar-refractivity contribution in [3.63, 3.8) is 0 Å². The van der Waals surface area contributed by atoms with E-state index in [-0.39, 0.29) is 12.6 Å². The molecule has 0 amide bonds. The van der Waals surface area contributed by atoms with Gasteiger partial charge in [-0.3, -0.25) is 0 Å². The predicted molar refractivity (Wildman–Crippen MR) is 78.3 cm³/mol. The number of ether oxygens (including phenoxy) is 1. The van der Waals surface area contributed by atoms with Crippen LogP contribution in [0.5, 0.6) is 5.75 Å². The van der Waals surface area contributed by atoms with Crippen LogP contribution in [0.2, 0.25) is 0 Å². The number of rotatable bonds is 7. The second-order valence-electron chi connectivity index (χ2n) is 4.95. The van der Waals surface area contributed by atoms with Crippen molar-refractivity contribution in [2.45, 2.75) is 39.3 Å². The topological polar surface area (TPSA) is 41.5 Å². The molecule has 0 bridgehead atoms. The molecule has 0 saturated heterocycles. The monoisotopic (exact) mass is 261 g/mol. The highest BCUT2D eigenvalue weighted by Crippen LogP contribution is 2.18. The summed E-state index contributed by atoms with van der Waals surface area (Å²) in [5.41, 5.74) is 2.29. The van der Waals surface area contributed by atoms with E-state index in [9.17, 15) is 5.11 Å². The number of aryl methyl sites for hydroxylation is 2. The Morgan fingerprint density at radius 3 is 2.79 bits per heavy atom. The SMILES string of the molecule is C#CCC(C)NCC(O)COc1ccc(C)cc1C. The molecule has 0 fully saturated rings. The number of hydrogen-bond acceptors (Lipinski definition) is 3. The molecule has 2 N–H and O–H groups in total. The zero-order valence-electron chi connectivity index (χ0n) is 11.9. The third kappa shape index (κ3) is 5.78. The van der Waals surface area contributed by atoms with E-state index in [4.69, 9.17) is 11.2 Å². The van der Waals surface area contributed by atoms with Gasteiger partial charge in [0.2, 0.25) is 0 Å². The van der Waals surface area contributed by atoms with Gasteiger partial charge < -0.3 is 15.2 Å². The number of benzene rings is 1. The number of nitrogens with one attached hydrogen (secondary N) is 1. The van der Waals surface area contributed by atoms with Gasteiger partial charge in [-0.2, -0.15) is 0 Å². The van der Waals surface area contributed by atoms with E-state index in [1.807, 2.05) is 32.9 Å². The Labute approximate surface area is 116 Å². The smallest absolute Gasteiger partial charge is 0.122 e. The van der Waals surface area contributed by atoms with Gasteiger partial charge >= 0.3 is 0 Å². The molecule has 3 heteroatoms. The molecule has 0 aliphatic carbocycles. The lowest BCUT2D eigenvalue weighted by Gasteiger charge is -2.17. The summed E-state index contributed by atoms with van der Waals surface area (Å²) in [7, 11) is 0. The summed E-state index contributed by atoms with van der Waals surface area (Å²) >= 11 is 0. The Hall–Kier alpha value is -1.50. The third-order valence-electron chi connectivity index (χ3n) is 2.89. The van der Waals surface area contributed by atoms with Crippen LogP contribution < -0.4 is 10.1 Å². The van der Waals surface area contributed by atoms with Gasteiger partial charge in [0.1, 0.15) is 18.5 Å². The van der Waals surface area contributed by atoms with Crippen LogP contribution in [0, 0.1) is 26.2 Å². The summed E-state index contributed by atoms with van der Waals surface area (Å²) in [6, 6.07) is 6.21. The number of aliphatic hydroxyl groups excluding tert-OH is 1. The minimum Gasteiger partial charge on any atom is -0.491 e. The molecule has 0 saturated carbocycles. The lowest BCUT2D eigenvalue weighted by Crippen LogP contribution is -2.36. The van der Waals surface area contributed by atoms with Gasteiger partial charge in [-0.05, 0) is 32.4 Å². The largest absolute Gasteiger partial charge is 0.491 e. The van der Waals surface area contributed by atoms with Gasteiger partial charge in [-0.25, -0.2) is 0 Å². The van der Waals surface area contributed by atoms with Gasteiger partial charge in [-0.15, -0.1) is 12.3 Å². The molecule has 0 aliphatic rings. The van der Waals surface area contributed by atoms with E-state index in [1.165, 1.54) is 5.56 Å². The Bertz CT molecular complexity index is 437. The molecule has 1 aromatic carbocycles. The molecule has 104 valence electrons. The first kappa shape index (κ1) is 15.6. The summed E-state index contributed by atoms with van der Waals surface area (Å²) in [5.74, 6) is 3.41. The van der Waals surface area contributed by atoms with E-state index in [0.29, 0.717) is 13.0 Å². The molecule has 0 aliphatic heterocycles. The zero-order chi connectivity index (χ0) is 14.3. The van der Waals surface area contributed by atoms with Crippen molar-refractivity contribution < 1.29 is 9.84 Å². The van der Waals surface area contributed by atoms with Crippen molar-refractivity contribution in [1.82, 2.24) is 5.32 Å². The maximum absolute atomic E-state index is 9.83. The van der Waals surface area contributed by atoms with Crippen molar-refractivity contribution in [1.29, 1.82) is 0 Å². The Morgan fingerprint density at radius 2 is 2.16 bits per heavy atom. The first-order valence-electron chi connectivity index (χ1n) is 6.58. The van der Waals surface area contributed by atoms with Crippen molar-refractivity contribution >= 4 is 0 Å². The Kier molecular flexibility index (Phi) is 6.41. The molecular weight excluding hydrogens is 238 g/mol. The average molecular weight is 261 g/mol. The predicted octanol–water partition coefficient (Wildman–Crippen LogP) is 2.04. The highest BCUT2D eigenvalue weighted by atomic mass is 16.5. The molecule has 1 rings (SSSR count). The Morgan fingerprint density at radius 1 is 1.42 bits per heavy atom. The van der Waals surface area contributed by atoms with Crippen LogP contribution in [0.1, 0.15) is 24.5 Å². The van der Waals surface area contributed by atoms with Crippen molar-refractivity contribution in [3.05, 3.63) is 29.3 Å². The maximum atomic E-state index is 9.83. The first-order valence-corrected chi connectivity index (χ1v) is 6.58. The van der Waals surface area contributed by atoms with Crippen LogP contribution in [0.3, 0.4) is 0 Å². The van der Waals surface area contributed by atoms with Crippen molar-refractivity contribution in [2.75, 3.05) is 13.2 Å². The summed E-state index contributed by atoms with van der Waals surface area (Å²) in [4.78, 5) is 0. The van der Waals surface area contributed by atoms with E-state index < -0.39 is 6.10 Å². The average Bonchev–Trinajstić information content (AvgIpc) is 2.35. The molecule has 2 atom stereocenters. The maximum Gasteiger partial charge on any atom is 0.122 e. The van der Waals surface area contributed by atoms with Gasteiger partial charge in [0.15, 0.2) is 0 Å². The molecule has 0 radical (unpaired) electrons. The quantitative estimate of drug-likeness (QED) is 0.738. The first-order chi connectivity index (χ1) is 9.02. The number of aliphatic hydroxyl groups is 1. The second kappa shape index (κ2) is 7.83. The summed E-state index contributed by atoms with van der Waals surface area (Å²) in [6.45, 7) is 6.80. The molecule has 1 aromatic rings. The van der Waals surface area contributed by atoms with E-state index in [0.717, 1.165) is 11.3 Å². The highest BCUT2D eigenvalue weighted by Gasteiger charge is 2.08. The highest BCUT2D eigenvalue weighted by molar-refractivity contribution is 5.35. The van der Waals surface area contributed by atoms with E-state index in [2.05, 4.69) is 17.3 Å². The van der Waals surface area contributed by atoms with Crippen molar-refractivity contribution in [3.8, 4) is 18.1 Å². The lowest BCUT2D eigenvalue weighted by atomic mass is 10.1. The summed E-state index contributed by atoms with van der Waals surface area (Å²) in [5, 5.41) is 13.0. The van der Waals surface area contributed by atoms with Crippen LogP contribution in [0.15, 0.2) is 18.2 Å². The molecule has 0 heterocycles. The van der Waals surface area contributed by atoms with Crippen LogP contribution in [0.4, 0.5) is 0 Å². The number of terminal acetylenes is 1. The standard InChI is InChI=1S/C16H23NO2/c1-5-6-14(4)17-10-15(18)11-19-16-8-7-12(2)9-13(16)3/h1,7-9,14-15,17-18H,6,10-11H2,2-4H3. The Balaban J connectivity index is 2.34. The fraction of sp³-hybridized carbons (Fsp3) is 0.500. The molecule has 0 spiro atoms. The molecule has 2 unspecified atom stereocenters. The fourth-order valence-electron chi connectivity index (χ4n) is 1.79. The van der Waals surface area contributed by atoms with Gasteiger partial charge in [0.05, 0.1) is 0 Å². The van der Waals surface area contributed by atoms with E-state index >= 15 is 0 Å². The van der Waals surface area contributed by atoms with Gasteiger partial charge in [0.25, 0.3) is 0 Å². The van der Waals surface area contributed by atoms with Crippen LogP contribution >= 0.6 is 0 Å². The minimum atomic E-state index is -0.541. The van der Waals surface area contributed by atoms with E-state index in [1.54, 1.807) is 0 Å². The van der Waals surface area contributed by atoms with Crippen LogP contribution in [-0.2, 0) is 0 Å². The molecule has 3 nitrogen and oxygen atoms in total. The molecule has 19 heavy (non-hydrogen) atoms. The van der Waals surface area contributed by atoms with Gasteiger partial charge in [0, 0.05) is 19.0 Å². The third-order valence-corrected chi connectivity index (χ3v) is 2.89. The second-order valence-corrected chi connectivity index (χ2v) is 4.95. The van der Waals surface area contributed by atoms with Crippen molar-refractivity contribution in [2.24, 2.45) is 0 Å².